The van der Waals surface area contributed by atoms with Crippen LogP contribution in [0, 0.1) is 0 Å². The van der Waals surface area contributed by atoms with E-state index in [9.17, 15) is 9.59 Å². The van der Waals surface area contributed by atoms with E-state index in [0.29, 0.717) is 17.8 Å². The second-order valence-electron chi connectivity index (χ2n) is 8.01. The van der Waals surface area contributed by atoms with Crippen molar-refractivity contribution in [2.45, 2.75) is 19.4 Å². The van der Waals surface area contributed by atoms with E-state index in [-0.39, 0.29) is 11.9 Å². The summed E-state index contributed by atoms with van der Waals surface area (Å²) in [5, 5.41) is 5.76. The third kappa shape index (κ3) is 5.27. The Balaban J connectivity index is 1.35. The zero-order valence-electron chi connectivity index (χ0n) is 18.3. The van der Waals surface area contributed by atoms with Crippen molar-refractivity contribution in [3.63, 3.8) is 0 Å². The molecule has 0 radical (unpaired) electrons. The fraction of sp³-hybridized carbons (Fsp3) is 0.231. The van der Waals surface area contributed by atoms with Crippen molar-refractivity contribution in [2.75, 3.05) is 35.7 Å². The van der Waals surface area contributed by atoms with Crippen molar-refractivity contribution in [1.29, 1.82) is 0 Å². The molecule has 164 valence electrons. The molecule has 4 rings (SSSR count). The summed E-state index contributed by atoms with van der Waals surface area (Å²) < 4.78 is 0. The Morgan fingerprint density at radius 2 is 1.44 bits per heavy atom. The molecule has 1 heterocycles. The van der Waals surface area contributed by atoms with Crippen LogP contribution in [0.5, 0.6) is 0 Å². The lowest BCUT2D eigenvalue weighted by atomic mass is 10.1. The Bertz CT molecular complexity index is 1060. The van der Waals surface area contributed by atoms with Gasteiger partial charge in [0.05, 0.1) is 0 Å². The molecule has 0 aliphatic carbocycles. The standard InChI is InChI=1S/C26H28N4O2/c1-29(19-21-9-5-6-12-24(21)30-17-7-8-18-30)26(32)28-23-15-13-20(14-16-23)25(31)27-22-10-3-2-4-11-22/h2-6,9-16H,7-8,17-19H2,1H3,(H,27,31)(H,28,32). The third-order valence-electron chi connectivity index (χ3n) is 5.62. The Hall–Kier alpha value is -3.80. The highest BCUT2D eigenvalue weighted by Crippen LogP contribution is 2.25. The number of benzene rings is 3. The molecule has 3 aromatic carbocycles. The topological polar surface area (TPSA) is 64.7 Å². The van der Waals surface area contributed by atoms with Crippen LogP contribution in [0.2, 0.25) is 0 Å². The molecule has 6 heteroatoms. The number of hydrogen-bond donors (Lipinski definition) is 2. The summed E-state index contributed by atoms with van der Waals surface area (Å²) in [6.45, 7) is 2.66. The van der Waals surface area contributed by atoms with Crippen molar-refractivity contribution in [3.05, 3.63) is 90.0 Å². The quantitative estimate of drug-likeness (QED) is 0.567. The van der Waals surface area contributed by atoms with Gasteiger partial charge in [0.1, 0.15) is 0 Å². The van der Waals surface area contributed by atoms with E-state index in [0.717, 1.165) is 24.3 Å². The molecular formula is C26H28N4O2. The Morgan fingerprint density at radius 3 is 2.16 bits per heavy atom. The van der Waals surface area contributed by atoms with E-state index in [1.54, 1.807) is 36.2 Å². The van der Waals surface area contributed by atoms with Crippen LogP contribution >= 0.6 is 0 Å². The molecule has 0 bridgehead atoms. The first kappa shape index (κ1) is 21.4. The van der Waals surface area contributed by atoms with E-state index >= 15 is 0 Å². The molecule has 0 spiro atoms. The summed E-state index contributed by atoms with van der Waals surface area (Å²) in [5.41, 5.74) is 4.26. The number of nitrogens with zero attached hydrogens (tertiary/aromatic N) is 2. The van der Waals surface area contributed by atoms with Crippen LogP contribution in [0.1, 0.15) is 28.8 Å². The van der Waals surface area contributed by atoms with Gasteiger partial charge in [-0.15, -0.1) is 0 Å². The van der Waals surface area contributed by atoms with Crippen molar-refractivity contribution < 1.29 is 9.59 Å². The Kier molecular flexibility index (Phi) is 6.70. The zero-order chi connectivity index (χ0) is 22.3. The number of urea groups is 1. The second kappa shape index (κ2) is 10.0. The maximum Gasteiger partial charge on any atom is 0.321 e. The second-order valence-corrected chi connectivity index (χ2v) is 8.01. The van der Waals surface area contributed by atoms with Crippen LogP contribution in [0.25, 0.3) is 0 Å². The predicted molar refractivity (Wildman–Crippen MR) is 129 cm³/mol. The summed E-state index contributed by atoms with van der Waals surface area (Å²) in [7, 11) is 1.79. The smallest absolute Gasteiger partial charge is 0.321 e. The molecule has 0 saturated carbocycles. The summed E-state index contributed by atoms with van der Waals surface area (Å²) >= 11 is 0. The SMILES string of the molecule is CN(Cc1ccccc1N1CCCC1)C(=O)Nc1ccc(C(=O)Nc2ccccc2)cc1. The highest BCUT2D eigenvalue weighted by Gasteiger charge is 2.18. The lowest BCUT2D eigenvalue weighted by molar-refractivity contribution is 0.102. The molecule has 0 unspecified atom stereocenters. The highest BCUT2D eigenvalue weighted by molar-refractivity contribution is 6.04. The van der Waals surface area contributed by atoms with Gasteiger partial charge in [-0.05, 0) is 60.9 Å². The maximum atomic E-state index is 12.7. The first-order chi connectivity index (χ1) is 15.6. The minimum Gasteiger partial charge on any atom is -0.371 e. The number of nitrogens with one attached hydrogen (secondary N) is 2. The van der Waals surface area contributed by atoms with Gasteiger partial charge in [0.2, 0.25) is 0 Å². The maximum absolute atomic E-state index is 12.7. The molecule has 1 fully saturated rings. The van der Waals surface area contributed by atoms with Crippen LogP contribution in [-0.4, -0.2) is 37.0 Å². The monoisotopic (exact) mass is 428 g/mol. The summed E-state index contributed by atoms with van der Waals surface area (Å²) in [6, 6.07) is 24.3. The van der Waals surface area contributed by atoms with Crippen LogP contribution < -0.4 is 15.5 Å². The fourth-order valence-electron chi connectivity index (χ4n) is 3.89. The minimum absolute atomic E-state index is 0.190. The molecular weight excluding hydrogens is 400 g/mol. The third-order valence-corrected chi connectivity index (χ3v) is 5.62. The lowest BCUT2D eigenvalue weighted by Crippen LogP contribution is -2.31. The molecule has 2 N–H and O–H groups in total. The highest BCUT2D eigenvalue weighted by atomic mass is 16.2. The fourth-order valence-corrected chi connectivity index (χ4v) is 3.89. The molecule has 3 amide bonds. The summed E-state index contributed by atoms with van der Waals surface area (Å²) in [6.07, 6.45) is 2.42. The molecule has 0 atom stereocenters. The number of hydrogen-bond acceptors (Lipinski definition) is 3. The number of rotatable bonds is 6. The van der Waals surface area contributed by atoms with E-state index in [1.165, 1.54) is 18.5 Å². The van der Waals surface area contributed by atoms with Gasteiger partial charge < -0.3 is 20.4 Å². The molecule has 1 saturated heterocycles. The van der Waals surface area contributed by atoms with Crippen LogP contribution in [0.3, 0.4) is 0 Å². The summed E-state index contributed by atoms with van der Waals surface area (Å²) in [4.78, 5) is 29.2. The van der Waals surface area contributed by atoms with Crippen molar-refractivity contribution in [1.82, 2.24) is 4.90 Å². The average Bonchev–Trinajstić information content (AvgIpc) is 3.35. The molecule has 32 heavy (non-hydrogen) atoms. The molecule has 3 aromatic rings. The van der Waals surface area contributed by atoms with Crippen LogP contribution in [0.4, 0.5) is 21.9 Å². The number of carbonyl (C=O) groups is 2. The van der Waals surface area contributed by atoms with Gasteiger partial charge in [-0.3, -0.25) is 4.79 Å². The Morgan fingerprint density at radius 1 is 0.812 bits per heavy atom. The molecule has 1 aliphatic heterocycles. The van der Waals surface area contributed by atoms with E-state index in [4.69, 9.17) is 0 Å². The van der Waals surface area contributed by atoms with Gasteiger partial charge >= 0.3 is 6.03 Å². The van der Waals surface area contributed by atoms with Crippen molar-refractivity contribution in [3.8, 4) is 0 Å². The summed E-state index contributed by atoms with van der Waals surface area (Å²) in [5.74, 6) is -0.190. The van der Waals surface area contributed by atoms with Gasteiger partial charge in [0.25, 0.3) is 5.91 Å². The van der Waals surface area contributed by atoms with Crippen LogP contribution in [-0.2, 0) is 6.54 Å². The zero-order valence-corrected chi connectivity index (χ0v) is 18.3. The largest absolute Gasteiger partial charge is 0.371 e. The average molecular weight is 429 g/mol. The number of amides is 3. The van der Waals surface area contributed by atoms with E-state index in [2.05, 4.69) is 27.7 Å². The molecule has 1 aliphatic rings. The van der Waals surface area contributed by atoms with Gasteiger partial charge in [0, 0.05) is 49.3 Å². The van der Waals surface area contributed by atoms with Gasteiger partial charge in [-0.25, -0.2) is 4.79 Å². The predicted octanol–water partition coefficient (Wildman–Crippen LogP) is 5.20. The normalized spacial score (nSPS) is 13.0. The van der Waals surface area contributed by atoms with E-state index in [1.807, 2.05) is 42.5 Å². The van der Waals surface area contributed by atoms with Crippen molar-refractivity contribution >= 4 is 29.0 Å². The minimum atomic E-state index is -0.192. The number of carbonyl (C=O) groups excluding carboxylic acids is 2. The molecule has 0 aromatic heterocycles. The van der Waals surface area contributed by atoms with Crippen molar-refractivity contribution in [2.24, 2.45) is 0 Å². The van der Waals surface area contributed by atoms with Gasteiger partial charge in [-0.1, -0.05) is 36.4 Å². The van der Waals surface area contributed by atoms with Gasteiger partial charge in [-0.2, -0.15) is 0 Å². The first-order valence-corrected chi connectivity index (χ1v) is 10.9. The molecule has 6 nitrogen and oxygen atoms in total. The van der Waals surface area contributed by atoms with Gasteiger partial charge in [0.15, 0.2) is 0 Å². The number of para-hydroxylation sites is 2. The van der Waals surface area contributed by atoms with E-state index < -0.39 is 0 Å². The number of anilines is 3. The first-order valence-electron chi connectivity index (χ1n) is 10.9. The lowest BCUT2D eigenvalue weighted by Gasteiger charge is -2.24. The Labute approximate surface area is 188 Å². The van der Waals surface area contributed by atoms with Crippen LogP contribution in [0.15, 0.2) is 78.9 Å².